The van der Waals surface area contributed by atoms with Gasteiger partial charge in [-0.15, -0.1) is 0 Å². The van der Waals surface area contributed by atoms with Gasteiger partial charge < -0.3 is 19.7 Å². The molecule has 0 aliphatic carbocycles. The van der Waals surface area contributed by atoms with Gasteiger partial charge in [0.15, 0.2) is 0 Å². The van der Waals surface area contributed by atoms with E-state index in [1.54, 1.807) is 0 Å². The number of unbranched alkanes of at least 4 members (excludes halogenated alkanes) is 4. The van der Waals surface area contributed by atoms with E-state index in [9.17, 15) is 17.8 Å². The van der Waals surface area contributed by atoms with Gasteiger partial charge in [0, 0.05) is 36.1 Å². The summed E-state index contributed by atoms with van der Waals surface area (Å²) in [6.45, 7) is 3.13. The SMILES string of the molecule is Cc1c(CCCCC(=O)NCCCCCCOP(=O)(O)O)c2ccccc2n1CCCS(=O)(=O)O. The first kappa shape index (κ1) is 29.5. The van der Waals surface area contributed by atoms with Gasteiger partial charge in [-0.3, -0.25) is 13.9 Å². The van der Waals surface area contributed by atoms with E-state index in [0.29, 0.717) is 32.4 Å². The lowest BCUT2D eigenvalue weighted by Crippen LogP contribution is -2.24. The Hall–Kier alpha value is -1.75. The van der Waals surface area contributed by atoms with Crippen molar-refractivity contribution in [2.75, 3.05) is 18.9 Å². The standard InChI is InChI=1S/C23H37N2O8PS/c1-19-20(21-12-4-6-13-22(21)25(19)16-10-18-35(30,31)32)11-5-7-14-23(26)24-15-8-2-3-9-17-33-34(27,28)29/h4,6,12-13H,2-3,5,7-11,14-18H2,1H3,(H,24,26)(H2,27,28,29)(H,30,31,32). The zero-order valence-electron chi connectivity index (χ0n) is 20.2. The van der Waals surface area contributed by atoms with Crippen molar-refractivity contribution in [2.45, 2.75) is 71.3 Å². The molecular formula is C23H37N2O8PS. The Kier molecular flexibility index (Phi) is 11.9. The maximum absolute atomic E-state index is 12.1. The Morgan fingerprint density at radius 1 is 1.06 bits per heavy atom. The van der Waals surface area contributed by atoms with Gasteiger partial charge in [0.05, 0.1) is 12.4 Å². The molecule has 0 radical (unpaired) electrons. The average molecular weight is 533 g/mol. The van der Waals surface area contributed by atoms with Crippen LogP contribution in [-0.4, -0.2) is 52.1 Å². The maximum atomic E-state index is 12.1. The molecule has 2 rings (SSSR count). The van der Waals surface area contributed by atoms with Crippen LogP contribution >= 0.6 is 7.82 Å². The molecular weight excluding hydrogens is 495 g/mol. The molecule has 0 saturated heterocycles. The molecule has 0 atom stereocenters. The van der Waals surface area contributed by atoms with E-state index in [4.69, 9.17) is 14.3 Å². The van der Waals surface area contributed by atoms with Crippen LogP contribution in [0.4, 0.5) is 0 Å². The number of nitrogens with one attached hydrogen (secondary N) is 1. The Morgan fingerprint density at radius 3 is 2.49 bits per heavy atom. The third-order valence-corrected chi connectivity index (χ3v) is 7.20. The van der Waals surface area contributed by atoms with Crippen molar-refractivity contribution in [1.82, 2.24) is 9.88 Å². The number of phosphoric ester groups is 1. The first-order valence-electron chi connectivity index (χ1n) is 12.0. The number of aryl methyl sites for hydroxylation is 2. The minimum atomic E-state index is -4.38. The number of para-hydroxylation sites is 1. The minimum Gasteiger partial charge on any atom is -0.356 e. The van der Waals surface area contributed by atoms with Crippen LogP contribution in [0.3, 0.4) is 0 Å². The van der Waals surface area contributed by atoms with E-state index >= 15 is 0 Å². The van der Waals surface area contributed by atoms with Crippen LogP contribution in [0.2, 0.25) is 0 Å². The summed E-state index contributed by atoms with van der Waals surface area (Å²) < 4.78 is 48.2. The zero-order valence-corrected chi connectivity index (χ0v) is 21.9. The number of rotatable bonds is 17. The number of fused-ring (bicyclic) bond motifs is 1. The van der Waals surface area contributed by atoms with Crippen LogP contribution in [0.5, 0.6) is 0 Å². The van der Waals surface area contributed by atoms with Gasteiger partial charge in [-0.25, -0.2) is 4.57 Å². The number of aromatic nitrogens is 1. The van der Waals surface area contributed by atoms with E-state index in [-0.39, 0.29) is 18.3 Å². The highest BCUT2D eigenvalue weighted by atomic mass is 32.2. The van der Waals surface area contributed by atoms with Crippen molar-refractivity contribution in [3.05, 3.63) is 35.5 Å². The van der Waals surface area contributed by atoms with Gasteiger partial charge in [-0.05, 0) is 57.1 Å². The first-order valence-corrected chi connectivity index (χ1v) is 15.1. The summed E-state index contributed by atoms with van der Waals surface area (Å²) in [5.41, 5.74) is 3.33. The van der Waals surface area contributed by atoms with Crippen molar-refractivity contribution < 1.29 is 36.6 Å². The molecule has 4 N–H and O–H groups in total. The summed E-state index contributed by atoms with van der Waals surface area (Å²) in [7, 11) is -8.37. The van der Waals surface area contributed by atoms with Gasteiger partial charge in [0.1, 0.15) is 0 Å². The van der Waals surface area contributed by atoms with Crippen LogP contribution in [0.25, 0.3) is 10.9 Å². The largest absolute Gasteiger partial charge is 0.469 e. The Morgan fingerprint density at radius 2 is 1.77 bits per heavy atom. The van der Waals surface area contributed by atoms with Crippen molar-refractivity contribution in [3.8, 4) is 0 Å². The maximum Gasteiger partial charge on any atom is 0.469 e. The fraction of sp³-hybridized carbons (Fsp3) is 0.609. The van der Waals surface area contributed by atoms with Crippen molar-refractivity contribution in [1.29, 1.82) is 0 Å². The molecule has 1 aromatic heterocycles. The number of hydrogen-bond donors (Lipinski definition) is 4. The van der Waals surface area contributed by atoms with Crippen LogP contribution < -0.4 is 5.32 Å². The highest BCUT2D eigenvalue weighted by Gasteiger charge is 2.15. The van der Waals surface area contributed by atoms with E-state index in [1.807, 2.05) is 25.1 Å². The third kappa shape index (κ3) is 11.2. The van der Waals surface area contributed by atoms with Gasteiger partial charge >= 0.3 is 7.82 Å². The van der Waals surface area contributed by atoms with Crippen LogP contribution in [-0.2, 0) is 37.0 Å². The molecule has 1 amide bonds. The molecule has 1 aromatic carbocycles. The van der Waals surface area contributed by atoms with Gasteiger partial charge in [-0.1, -0.05) is 31.0 Å². The molecule has 0 bridgehead atoms. The van der Waals surface area contributed by atoms with E-state index < -0.39 is 17.9 Å². The van der Waals surface area contributed by atoms with Crippen molar-refractivity contribution in [2.24, 2.45) is 0 Å². The lowest BCUT2D eigenvalue weighted by molar-refractivity contribution is -0.121. The Labute approximate surface area is 207 Å². The highest BCUT2D eigenvalue weighted by Crippen LogP contribution is 2.35. The number of carbonyl (C=O) groups excluding carboxylic acids is 1. The zero-order chi connectivity index (χ0) is 25.9. The second-order valence-electron chi connectivity index (χ2n) is 8.67. The quantitative estimate of drug-likeness (QED) is 0.136. The molecule has 0 fully saturated rings. The normalized spacial score (nSPS) is 12.3. The number of phosphoric acid groups is 1. The predicted molar refractivity (Wildman–Crippen MR) is 135 cm³/mol. The summed E-state index contributed by atoms with van der Waals surface area (Å²) in [6, 6.07) is 8.00. The summed E-state index contributed by atoms with van der Waals surface area (Å²) in [5.74, 6) is -0.256. The van der Waals surface area contributed by atoms with E-state index in [1.165, 1.54) is 5.56 Å². The van der Waals surface area contributed by atoms with Gasteiger partial charge in [-0.2, -0.15) is 8.42 Å². The third-order valence-electron chi connectivity index (χ3n) is 5.88. The van der Waals surface area contributed by atoms with Crippen molar-refractivity contribution in [3.63, 3.8) is 0 Å². The lowest BCUT2D eigenvalue weighted by atomic mass is 10.0. The summed E-state index contributed by atoms with van der Waals surface area (Å²) >= 11 is 0. The molecule has 0 spiro atoms. The van der Waals surface area contributed by atoms with Gasteiger partial charge in [0.2, 0.25) is 5.91 Å². The number of benzene rings is 1. The lowest BCUT2D eigenvalue weighted by Gasteiger charge is -2.08. The first-order chi connectivity index (χ1) is 16.5. The second kappa shape index (κ2) is 14.1. The number of carbonyl (C=O) groups is 1. The van der Waals surface area contributed by atoms with E-state index in [0.717, 1.165) is 55.1 Å². The molecule has 1 heterocycles. The van der Waals surface area contributed by atoms with Crippen LogP contribution in [0, 0.1) is 6.92 Å². The fourth-order valence-electron chi connectivity index (χ4n) is 4.18. The second-order valence-corrected chi connectivity index (χ2v) is 11.5. The monoisotopic (exact) mass is 532 g/mol. The number of hydrogen-bond acceptors (Lipinski definition) is 5. The smallest absolute Gasteiger partial charge is 0.356 e. The predicted octanol–water partition coefficient (Wildman–Crippen LogP) is 3.73. The van der Waals surface area contributed by atoms with Gasteiger partial charge in [0.25, 0.3) is 10.1 Å². The van der Waals surface area contributed by atoms with Crippen LogP contribution in [0.1, 0.15) is 62.6 Å². The molecule has 0 unspecified atom stereocenters. The minimum absolute atomic E-state index is 0.0131. The topological polar surface area (TPSA) is 155 Å². The molecule has 2 aromatic rings. The number of amides is 1. The highest BCUT2D eigenvalue weighted by molar-refractivity contribution is 7.85. The Balaban J connectivity index is 1.70. The Bertz CT molecular complexity index is 1110. The molecule has 35 heavy (non-hydrogen) atoms. The van der Waals surface area contributed by atoms with E-state index in [2.05, 4.69) is 20.5 Å². The molecule has 198 valence electrons. The summed E-state index contributed by atoms with van der Waals surface area (Å²) in [5, 5.41) is 4.04. The summed E-state index contributed by atoms with van der Waals surface area (Å²) in [4.78, 5) is 29.3. The fourth-order valence-corrected chi connectivity index (χ4v) is 5.04. The average Bonchev–Trinajstić information content (AvgIpc) is 3.02. The number of nitrogens with zero attached hydrogens (tertiary/aromatic N) is 1. The summed E-state index contributed by atoms with van der Waals surface area (Å²) in [6.07, 6.45) is 6.20. The molecule has 0 aliphatic heterocycles. The molecule has 0 aliphatic rings. The van der Waals surface area contributed by atoms with Crippen molar-refractivity contribution >= 4 is 34.8 Å². The molecule has 0 saturated carbocycles. The molecule has 12 heteroatoms. The van der Waals surface area contributed by atoms with Crippen LogP contribution in [0.15, 0.2) is 24.3 Å². The molecule has 10 nitrogen and oxygen atoms in total.